The van der Waals surface area contributed by atoms with Crippen molar-refractivity contribution < 1.29 is 23.7 Å². The third-order valence-corrected chi connectivity index (χ3v) is 5.92. The normalized spacial score (nSPS) is 23.3. The standard InChI is InChI=1S/C23H26O5/c1-25-20-12-17-16-6-4-5-7-19(16)28-22(18(17)13-21(20)26-2)14-8-10-15(11-9-14)23(24)27-3/h8-13,16,19,22H,4-7H2,1-3H3/t16-,19+,22-/m0/s1. The van der Waals surface area contributed by atoms with E-state index in [1.54, 1.807) is 26.4 Å². The number of carbonyl (C=O) groups excluding carboxylic acids is 1. The fraction of sp³-hybridized carbons (Fsp3) is 0.435. The molecule has 4 rings (SSSR count). The Kier molecular flexibility index (Phi) is 5.27. The van der Waals surface area contributed by atoms with Crippen LogP contribution in [-0.4, -0.2) is 33.4 Å². The van der Waals surface area contributed by atoms with Gasteiger partial charge in [0.25, 0.3) is 0 Å². The van der Waals surface area contributed by atoms with Gasteiger partial charge < -0.3 is 18.9 Å². The van der Waals surface area contributed by atoms with Crippen LogP contribution < -0.4 is 9.47 Å². The maximum atomic E-state index is 11.8. The minimum Gasteiger partial charge on any atom is -0.493 e. The van der Waals surface area contributed by atoms with Gasteiger partial charge in [0.1, 0.15) is 6.10 Å². The molecular formula is C23H26O5. The number of esters is 1. The van der Waals surface area contributed by atoms with Crippen LogP contribution in [0.3, 0.4) is 0 Å². The van der Waals surface area contributed by atoms with Crippen LogP contribution in [0.15, 0.2) is 36.4 Å². The van der Waals surface area contributed by atoms with Crippen molar-refractivity contribution in [1.82, 2.24) is 0 Å². The Morgan fingerprint density at radius 1 is 0.929 bits per heavy atom. The molecule has 0 spiro atoms. The lowest BCUT2D eigenvalue weighted by molar-refractivity contribution is -0.0391. The van der Waals surface area contributed by atoms with E-state index in [4.69, 9.17) is 18.9 Å². The average Bonchev–Trinajstić information content (AvgIpc) is 2.77. The maximum Gasteiger partial charge on any atom is 0.337 e. The lowest BCUT2D eigenvalue weighted by Gasteiger charge is -2.41. The summed E-state index contributed by atoms with van der Waals surface area (Å²) in [6.07, 6.45) is 4.61. The van der Waals surface area contributed by atoms with Crippen LogP contribution in [0, 0.1) is 0 Å². The Labute approximate surface area is 165 Å². The van der Waals surface area contributed by atoms with Crippen LogP contribution in [0.2, 0.25) is 0 Å². The van der Waals surface area contributed by atoms with Crippen molar-refractivity contribution in [3.05, 3.63) is 58.7 Å². The first kappa shape index (κ1) is 18.8. The summed E-state index contributed by atoms with van der Waals surface area (Å²) < 4.78 is 22.5. The van der Waals surface area contributed by atoms with E-state index in [2.05, 4.69) is 6.07 Å². The average molecular weight is 382 g/mol. The second-order valence-corrected chi connectivity index (χ2v) is 7.40. The van der Waals surface area contributed by atoms with Crippen LogP contribution >= 0.6 is 0 Å². The van der Waals surface area contributed by atoms with Crippen molar-refractivity contribution in [2.45, 2.75) is 43.8 Å². The van der Waals surface area contributed by atoms with Crippen LogP contribution in [0.5, 0.6) is 11.5 Å². The van der Waals surface area contributed by atoms with E-state index in [-0.39, 0.29) is 18.2 Å². The number of benzene rings is 2. The van der Waals surface area contributed by atoms with E-state index < -0.39 is 0 Å². The quantitative estimate of drug-likeness (QED) is 0.721. The molecule has 1 aliphatic heterocycles. The second kappa shape index (κ2) is 7.84. The number of hydrogen-bond acceptors (Lipinski definition) is 5. The number of carbonyl (C=O) groups is 1. The molecule has 1 fully saturated rings. The number of fused-ring (bicyclic) bond motifs is 3. The summed E-state index contributed by atoms with van der Waals surface area (Å²) in [5.41, 5.74) is 3.96. The van der Waals surface area contributed by atoms with Gasteiger partial charge in [-0.1, -0.05) is 25.0 Å². The molecule has 0 amide bonds. The van der Waals surface area contributed by atoms with Gasteiger partial charge >= 0.3 is 5.97 Å². The Balaban J connectivity index is 1.79. The molecular weight excluding hydrogens is 356 g/mol. The summed E-state index contributed by atoms with van der Waals surface area (Å²) in [5.74, 6) is 1.51. The smallest absolute Gasteiger partial charge is 0.337 e. The van der Waals surface area contributed by atoms with Crippen molar-refractivity contribution in [3.8, 4) is 11.5 Å². The van der Waals surface area contributed by atoms with Gasteiger partial charge in [-0.05, 0) is 53.8 Å². The third-order valence-electron chi connectivity index (χ3n) is 5.92. The third kappa shape index (κ3) is 3.24. The molecule has 0 radical (unpaired) electrons. The van der Waals surface area contributed by atoms with Crippen molar-refractivity contribution >= 4 is 5.97 Å². The first-order valence-corrected chi connectivity index (χ1v) is 9.75. The van der Waals surface area contributed by atoms with E-state index in [0.717, 1.165) is 29.7 Å². The summed E-state index contributed by atoms with van der Waals surface area (Å²) in [4.78, 5) is 11.8. The van der Waals surface area contributed by atoms with Gasteiger partial charge in [0, 0.05) is 5.92 Å². The monoisotopic (exact) mass is 382 g/mol. The first-order valence-electron chi connectivity index (χ1n) is 9.75. The van der Waals surface area contributed by atoms with Crippen LogP contribution in [0.1, 0.15) is 64.8 Å². The minimum absolute atomic E-state index is 0.194. The van der Waals surface area contributed by atoms with E-state index >= 15 is 0 Å². The largest absolute Gasteiger partial charge is 0.493 e. The summed E-state index contributed by atoms with van der Waals surface area (Å²) in [7, 11) is 4.71. The molecule has 0 N–H and O–H groups in total. The topological polar surface area (TPSA) is 54.0 Å². The zero-order chi connectivity index (χ0) is 19.7. The molecule has 5 heteroatoms. The minimum atomic E-state index is -0.338. The highest BCUT2D eigenvalue weighted by Gasteiger charge is 2.38. The van der Waals surface area contributed by atoms with Crippen LogP contribution in [-0.2, 0) is 9.47 Å². The molecule has 28 heavy (non-hydrogen) atoms. The number of hydrogen-bond donors (Lipinski definition) is 0. The SMILES string of the molecule is COC(=O)c1ccc([C@@H]2O[C@@H]3CCCC[C@H]3c3cc(OC)c(OC)cc32)cc1. The lowest BCUT2D eigenvalue weighted by atomic mass is 9.76. The Bertz CT molecular complexity index is 858. The van der Waals surface area contributed by atoms with Crippen molar-refractivity contribution in [3.63, 3.8) is 0 Å². The molecule has 1 saturated carbocycles. The first-order chi connectivity index (χ1) is 13.7. The highest BCUT2D eigenvalue weighted by Crippen LogP contribution is 2.49. The molecule has 2 aliphatic rings. The fourth-order valence-electron chi connectivity index (χ4n) is 4.49. The van der Waals surface area contributed by atoms with Crippen molar-refractivity contribution in [2.75, 3.05) is 21.3 Å². The number of rotatable bonds is 4. The number of ether oxygens (including phenoxy) is 4. The molecule has 0 aromatic heterocycles. The highest BCUT2D eigenvalue weighted by molar-refractivity contribution is 5.89. The van der Waals surface area contributed by atoms with Gasteiger partial charge in [0.15, 0.2) is 11.5 Å². The van der Waals surface area contributed by atoms with E-state index in [9.17, 15) is 4.79 Å². The Hall–Kier alpha value is -2.53. The van der Waals surface area contributed by atoms with Gasteiger partial charge in [-0.2, -0.15) is 0 Å². The second-order valence-electron chi connectivity index (χ2n) is 7.40. The van der Waals surface area contributed by atoms with Crippen molar-refractivity contribution in [1.29, 1.82) is 0 Å². The summed E-state index contributed by atoms with van der Waals surface area (Å²) >= 11 is 0. The molecule has 0 saturated heterocycles. The van der Waals surface area contributed by atoms with E-state index in [1.807, 2.05) is 18.2 Å². The fourth-order valence-corrected chi connectivity index (χ4v) is 4.49. The Morgan fingerprint density at radius 2 is 1.57 bits per heavy atom. The maximum absolute atomic E-state index is 11.8. The van der Waals surface area contributed by atoms with Gasteiger partial charge in [0.2, 0.25) is 0 Å². The summed E-state index contributed by atoms with van der Waals surface area (Å²) in [6, 6.07) is 11.6. The van der Waals surface area contributed by atoms with Gasteiger partial charge in [-0.15, -0.1) is 0 Å². The predicted octanol–water partition coefficient (Wildman–Crippen LogP) is 4.64. The molecule has 2 aromatic carbocycles. The Morgan fingerprint density at radius 3 is 2.21 bits per heavy atom. The number of methoxy groups -OCH3 is 3. The molecule has 148 valence electrons. The van der Waals surface area contributed by atoms with Crippen LogP contribution in [0.25, 0.3) is 0 Å². The zero-order valence-corrected chi connectivity index (χ0v) is 16.6. The molecule has 5 nitrogen and oxygen atoms in total. The molecule has 0 bridgehead atoms. The molecule has 1 heterocycles. The predicted molar refractivity (Wildman–Crippen MR) is 105 cm³/mol. The van der Waals surface area contributed by atoms with Crippen LogP contribution in [0.4, 0.5) is 0 Å². The van der Waals surface area contributed by atoms with Gasteiger partial charge in [0.05, 0.1) is 33.0 Å². The van der Waals surface area contributed by atoms with E-state index in [1.165, 1.54) is 25.5 Å². The highest BCUT2D eigenvalue weighted by atomic mass is 16.5. The van der Waals surface area contributed by atoms with Gasteiger partial charge in [-0.3, -0.25) is 0 Å². The molecule has 2 aromatic rings. The van der Waals surface area contributed by atoms with E-state index in [0.29, 0.717) is 17.2 Å². The van der Waals surface area contributed by atoms with Crippen molar-refractivity contribution in [2.24, 2.45) is 0 Å². The zero-order valence-electron chi connectivity index (χ0n) is 16.6. The van der Waals surface area contributed by atoms with Gasteiger partial charge in [-0.25, -0.2) is 4.79 Å². The molecule has 1 aliphatic carbocycles. The summed E-state index contributed by atoms with van der Waals surface area (Å²) in [5, 5.41) is 0. The molecule has 3 atom stereocenters. The summed E-state index contributed by atoms with van der Waals surface area (Å²) in [6.45, 7) is 0. The lowest BCUT2D eigenvalue weighted by Crippen LogP contribution is -2.33. The molecule has 0 unspecified atom stereocenters.